The Morgan fingerprint density at radius 3 is 2.83 bits per heavy atom. The van der Waals surface area contributed by atoms with Crippen LogP contribution in [0.4, 0.5) is 5.82 Å². The van der Waals surface area contributed by atoms with Crippen LogP contribution in [0.5, 0.6) is 0 Å². The van der Waals surface area contributed by atoms with Gasteiger partial charge in [0, 0.05) is 11.8 Å². The number of rotatable bonds is 5. The maximum absolute atomic E-state index is 10.2. The number of hydrogen-bond acceptors (Lipinski definition) is 6. The van der Waals surface area contributed by atoms with E-state index in [9.17, 15) is 5.11 Å². The molecular weight excluding hydrogens is 294 g/mol. The quantitative estimate of drug-likeness (QED) is 0.533. The first-order valence-corrected chi connectivity index (χ1v) is 7.43. The first-order chi connectivity index (χ1) is 10.9. The lowest BCUT2D eigenvalue weighted by atomic mass is 9.95. The van der Waals surface area contributed by atoms with Crippen LogP contribution in [0.15, 0.2) is 18.2 Å². The summed E-state index contributed by atoms with van der Waals surface area (Å²) in [5.74, 6) is 1.12. The smallest absolute Gasteiger partial charge is 0.150 e. The van der Waals surface area contributed by atoms with Crippen molar-refractivity contribution in [2.24, 2.45) is 0 Å². The molecule has 0 fully saturated rings. The van der Waals surface area contributed by atoms with E-state index in [4.69, 9.17) is 10.6 Å². The largest absolute Gasteiger partial charge is 0.390 e. The molecule has 3 aromatic rings. The SMILES string of the molecule is CONCc1nc2c([nH]1)c(N)nc1cccc(CC(C)(C)O)c12. The van der Waals surface area contributed by atoms with Crippen LogP contribution in [0.25, 0.3) is 21.9 Å². The van der Waals surface area contributed by atoms with Gasteiger partial charge in [-0.15, -0.1) is 0 Å². The number of imidazole rings is 1. The molecule has 23 heavy (non-hydrogen) atoms. The molecule has 0 bridgehead atoms. The maximum Gasteiger partial charge on any atom is 0.150 e. The van der Waals surface area contributed by atoms with Crippen LogP contribution in [0.2, 0.25) is 0 Å². The van der Waals surface area contributed by atoms with E-state index < -0.39 is 5.60 Å². The van der Waals surface area contributed by atoms with Crippen molar-refractivity contribution in [2.45, 2.75) is 32.4 Å². The number of nitrogen functional groups attached to an aromatic ring is 1. The Kier molecular flexibility index (Phi) is 3.93. The molecule has 0 atom stereocenters. The summed E-state index contributed by atoms with van der Waals surface area (Å²) >= 11 is 0. The Morgan fingerprint density at radius 2 is 2.13 bits per heavy atom. The number of nitrogens with two attached hydrogens (primary N) is 1. The molecule has 122 valence electrons. The standard InChI is InChI=1S/C16H21N5O2/c1-16(2,22)7-9-5-4-6-10-12(9)13-14(15(17)19-10)21-11(20-13)8-18-23-3/h4-6,18,22H,7-8H2,1-3H3,(H2,17,19)(H,20,21). The molecule has 0 aliphatic carbocycles. The Balaban J connectivity index is 2.24. The van der Waals surface area contributed by atoms with E-state index in [1.54, 1.807) is 21.0 Å². The van der Waals surface area contributed by atoms with Crippen LogP contribution < -0.4 is 11.2 Å². The van der Waals surface area contributed by atoms with Crippen LogP contribution in [0.3, 0.4) is 0 Å². The van der Waals surface area contributed by atoms with Crippen molar-refractivity contribution in [3.8, 4) is 0 Å². The average Bonchev–Trinajstić information content (AvgIpc) is 2.88. The summed E-state index contributed by atoms with van der Waals surface area (Å²) in [6.45, 7) is 4.00. The second-order valence-electron chi connectivity index (χ2n) is 6.23. The van der Waals surface area contributed by atoms with Gasteiger partial charge in [0.1, 0.15) is 22.7 Å². The fourth-order valence-corrected chi connectivity index (χ4v) is 2.76. The highest BCUT2D eigenvalue weighted by Gasteiger charge is 2.19. The minimum absolute atomic E-state index is 0.407. The Labute approximate surface area is 133 Å². The van der Waals surface area contributed by atoms with Gasteiger partial charge in [0.25, 0.3) is 0 Å². The van der Waals surface area contributed by atoms with E-state index in [1.165, 1.54) is 0 Å². The zero-order valence-electron chi connectivity index (χ0n) is 13.5. The van der Waals surface area contributed by atoms with Crippen molar-refractivity contribution in [2.75, 3.05) is 12.8 Å². The number of hydrogen-bond donors (Lipinski definition) is 4. The number of aromatic amines is 1. The third-order valence-electron chi connectivity index (χ3n) is 3.62. The lowest BCUT2D eigenvalue weighted by Crippen LogP contribution is -2.22. The molecule has 2 aromatic heterocycles. The third kappa shape index (κ3) is 3.12. The van der Waals surface area contributed by atoms with Crippen molar-refractivity contribution in [1.82, 2.24) is 20.4 Å². The molecule has 0 aliphatic rings. The Bertz CT molecular complexity index is 851. The van der Waals surface area contributed by atoms with Gasteiger partial charge in [-0.3, -0.25) is 0 Å². The summed E-state index contributed by atoms with van der Waals surface area (Å²) in [5.41, 5.74) is 11.2. The summed E-state index contributed by atoms with van der Waals surface area (Å²) < 4.78 is 0. The zero-order valence-corrected chi connectivity index (χ0v) is 13.5. The molecule has 7 heteroatoms. The monoisotopic (exact) mass is 315 g/mol. The molecule has 7 nitrogen and oxygen atoms in total. The van der Waals surface area contributed by atoms with Crippen molar-refractivity contribution in [3.05, 3.63) is 29.6 Å². The summed E-state index contributed by atoms with van der Waals surface area (Å²) in [5, 5.41) is 11.1. The molecule has 0 saturated heterocycles. The lowest BCUT2D eigenvalue weighted by molar-refractivity contribution is 0.0813. The molecule has 0 aliphatic heterocycles. The summed E-state index contributed by atoms with van der Waals surface area (Å²) in [7, 11) is 1.55. The third-order valence-corrected chi connectivity index (χ3v) is 3.62. The Morgan fingerprint density at radius 1 is 1.35 bits per heavy atom. The summed E-state index contributed by atoms with van der Waals surface area (Å²) in [4.78, 5) is 17.1. The highest BCUT2D eigenvalue weighted by atomic mass is 16.6. The number of nitrogens with one attached hydrogen (secondary N) is 2. The van der Waals surface area contributed by atoms with E-state index in [2.05, 4.69) is 20.4 Å². The molecule has 0 unspecified atom stereocenters. The predicted octanol–water partition coefficient (Wildman–Crippen LogP) is 1.66. The van der Waals surface area contributed by atoms with Gasteiger partial charge in [0.05, 0.1) is 24.8 Å². The van der Waals surface area contributed by atoms with Gasteiger partial charge < -0.3 is 20.7 Å². The van der Waals surface area contributed by atoms with Crippen molar-refractivity contribution >= 4 is 27.8 Å². The van der Waals surface area contributed by atoms with Gasteiger partial charge in [-0.25, -0.2) is 9.97 Å². The average molecular weight is 315 g/mol. The molecule has 5 N–H and O–H groups in total. The minimum Gasteiger partial charge on any atom is -0.390 e. The number of hydroxylamine groups is 1. The lowest BCUT2D eigenvalue weighted by Gasteiger charge is -2.18. The zero-order chi connectivity index (χ0) is 16.6. The molecule has 1 aromatic carbocycles. The van der Waals surface area contributed by atoms with Gasteiger partial charge in [0.2, 0.25) is 0 Å². The molecule has 0 amide bonds. The predicted molar refractivity (Wildman–Crippen MR) is 89.7 cm³/mol. The Hall–Kier alpha value is -2.22. The van der Waals surface area contributed by atoms with Gasteiger partial charge in [0.15, 0.2) is 0 Å². The van der Waals surface area contributed by atoms with E-state index in [0.29, 0.717) is 30.1 Å². The van der Waals surface area contributed by atoms with Crippen LogP contribution in [0, 0.1) is 0 Å². The van der Waals surface area contributed by atoms with Crippen LogP contribution in [-0.2, 0) is 17.8 Å². The fourth-order valence-electron chi connectivity index (χ4n) is 2.76. The van der Waals surface area contributed by atoms with E-state index in [1.807, 2.05) is 18.2 Å². The second kappa shape index (κ2) is 5.77. The maximum atomic E-state index is 10.2. The summed E-state index contributed by atoms with van der Waals surface area (Å²) in [6, 6.07) is 5.81. The number of H-pyrrole nitrogens is 1. The number of aromatic nitrogens is 3. The van der Waals surface area contributed by atoms with Gasteiger partial charge in [-0.1, -0.05) is 12.1 Å². The van der Waals surface area contributed by atoms with Gasteiger partial charge in [-0.2, -0.15) is 5.48 Å². The van der Waals surface area contributed by atoms with Crippen molar-refractivity contribution < 1.29 is 9.94 Å². The highest BCUT2D eigenvalue weighted by Crippen LogP contribution is 2.30. The van der Waals surface area contributed by atoms with Crippen molar-refractivity contribution in [3.63, 3.8) is 0 Å². The molecule has 0 spiro atoms. The van der Waals surface area contributed by atoms with E-state index in [0.717, 1.165) is 22.0 Å². The normalized spacial score (nSPS) is 12.3. The molecule has 0 saturated carbocycles. The van der Waals surface area contributed by atoms with Crippen molar-refractivity contribution in [1.29, 1.82) is 0 Å². The summed E-state index contributed by atoms with van der Waals surface area (Å²) in [6.07, 6.45) is 0.504. The number of pyridine rings is 1. The number of aliphatic hydroxyl groups is 1. The van der Waals surface area contributed by atoms with E-state index >= 15 is 0 Å². The molecule has 3 rings (SSSR count). The minimum atomic E-state index is -0.821. The number of fused-ring (bicyclic) bond motifs is 3. The fraction of sp³-hybridized carbons (Fsp3) is 0.375. The number of anilines is 1. The first-order valence-electron chi connectivity index (χ1n) is 7.43. The second-order valence-corrected chi connectivity index (χ2v) is 6.23. The molecule has 0 radical (unpaired) electrons. The number of benzene rings is 1. The van der Waals surface area contributed by atoms with Crippen LogP contribution in [0.1, 0.15) is 25.2 Å². The van der Waals surface area contributed by atoms with Crippen LogP contribution in [-0.4, -0.2) is 32.8 Å². The highest BCUT2D eigenvalue weighted by molar-refractivity contribution is 6.07. The first kappa shape index (κ1) is 15.7. The number of nitrogens with zero attached hydrogens (tertiary/aromatic N) is 2. The van der Waals surface area contributed by atoms with Crippen LogP contribution >= 0.6 is 0 Å². The van der Waals surface area contributed by atoms with E-state index in [-0.39, 0.29) is 0 Å². The topological polar surface area (TPSA) is 109 Å². The van der Waals surface area contributed by atoms with Gasteiger partial charge >= 0.3 is 0 Å². The molecular formula is C16H21N5O2. The molecule has 2 heterocycles. The van der Waals surface area contributed by atoms with Gasteiger partial charge in [-0.05, 0) is 25.5 Å².